The first-order valence-corrected chi connectivity index (χ1v) is 8.15. The zero-order chi connectivity index (χ0) is 18.1. The summed E-state index contributed by atoms with van der Waals surface area (Å²) >= 11 is 0. The third-order valence-corrected chi connectivity index (χ3v) is 4.35. The molecule has 0 amide bonds. The minimum atomic E-state index is -4.35. The Balaban J connectivity index is 1.98. The van der Waals surface area contributed by atoms with Crippen LogP contribution in [0.3, 0.4) is 0 Å². The number of aromatic nitrogens is 1. The Morgan fingerprint density at radius 1 is 0.654 bits per heavy atom. The van der Waals surface area contributed by atoms with Crippen molar-refractivity contribution in [3.63, 3.8) is 0 Å². The van der Waals surface area contributed by atoms with Gasteiger partial charge in [0, 0.05) is 22.7 Å². The Morgan fingerprint density at radius 2 is 1.31 bits per heavy atom. The third kappa shape index (κ3) is 2.94. The highest BCUT2D eigenvalue weighted by Gasteiger charge is 2.30. The molecule has 128 valence electrons. The quantitative estimate of drug-likeness (QED) is 0.398. The van der Waals surface area contributed by atoms with E-state index in [4.69, 9.17) is 0 Å². The predicted octanol–water partition coefficient (Wildman–Crippen LogP) is 6.59. The summed E-state index contributed by atoms with van der Waals surface area (Å²) < 4.78 is 38.7. The highest BCUT2D eigenvalue weighted by molar-refractivity contribution is 6.02. The number of hydrogen-bond donors (Lipinski definition) is 0. The molecule has 1 heterocycles. The van der Waals surface area contributed by atoms with E-state index < -0.39 is 11.7 Å². The van der Waals surface area contributed by atoms with Crippen molar-refractivity contribution in [3.05, 3.63) is 90.6 Å². The molecule has 1 aromatic heterocycles. The van der Waals surface area contributed by atoms with Crippen LogP contribution >= 0.6 is 0 Å². The van der Waals surface area contributed by atoms with Crippen molar-refractivity contribution in [1.82, 2.24) is 4.98 Å². The molecule has 0 unspecified atom stereocenters. The van der Waals surface area contributed by atoms with Gasteiger partial charge in [-0.3, -0.25) is 4.98 Å². The molecule has 0 aliphatic carbocycles. The fourth-order valence-corrected chi connectivity index (χ4v) is 3.10. The minimum Gasteiger partial charge on any atom is -0.255 e. The second kappa shape index (κ2) is 6.30. The standard InChI is InChI=1S/C22H14F3N/c23-22(24,25)18-12-10-15(11-13-18)20-19-9-5-4-8-17(19)14-26-21(20)16-6-2-1-3-7-16/h1-14H. The molecular formula is C22H14F3N. The fraction of sp³-hybridized carbons (Fsp3) is 0.0455. The van der Waals surface area contributed by atoms with E-state index in [2.05, 4.69) is 4.98 Å². The molecule has 0 N–H and O–H groups in total. The van der Waals surface area contributed by atoms with Crippen LogP contribution in [-0.2, 0) is 6.18 Å². The molecule has 0 radical (unpaired) electrons. The van der Waals surface area contributed by atoms with E-state index in [0.29, 0.717) is 5.56 Å². The Hall–Kier alpha value is -3.14. The van der Waals surface area contributed by atoms with Crippen molar-refractivity contribution in [1.29, 1.82) is 0 Å². The molecule has 4 heteroatoms. The zero-order valence-corrected chi connectivity index (χ0v) is 13.7. The molecule has 0 fully saturated rings. The topological polar surface area (TPSA) is 12.9 Å². The van der Waals surface area contributed by atoms with Crippen molar-refractivity contribution in [2.24, 2.45) is 0 Å². The smallest absolute Gasteiger partial charge is 0.255 e. The molecule has 3 aromatic carbocycles. The summed E-state index contributed by atoms with van der Waals surface area (Å²) in [5, 5.41) is 1.91. The number of nitrogens with zero attached hydrogens (tertiary/aromatic N) is 1. The molecular weight excluding hydrogens is 335 g/mol. The van der Waals surface area contributed by atoms with Gasteiger partial charge in [0.2, 0.25) is 0 Å². The van der Waals surface area contributed by atoms with E-state index in [-0.39, 0.29) is 0 Å². The molecule has 0 aliphatic heterocycles. The highest BCUT2D eigenvalue weighted by Crippen LogP contribution is 2.38. The average molecular weight is 349 g/mol. The van der Waals surface area contributed by atoms with Gasteiger partial charge in [-0.05, 0) is 23.1 Å². The first-order valence-electron chi connectivity index (χ1n) is 8.15. The van der Waals surface area contributed by atoms with E-state index in [1.807, 2.05) is 54.6 Å². The Labute approximate surface area is 148 Å². The number of hydrogen-bond acceptors (Lipinski definition) is 1. The van der Waals surface area contributed by atoms with Gasteiger partial charge in [-0.15, -0.1) is 0 Å². The van der Waals surface area contributed by atoms with Crippen LogP contribution in [0.5, 0.6) is 0 Å². The lowest BCUT2D eigenvalue weighted by Gasteiger charge is -2.14. The van der Waals surface area contributed by atoms with Gasteiger partial charge in [0.15, 0.2) is 0 Å². The summed E-state index contributed by atoms with van der Waals surface area (Å²) in [6.07, 6.45) is -2.55. The van der Waals surface area contributed by atoms with Gasteiger partial charge in [0.25, 0.3) is 0 Å². The van der Waals surface area contributed by atoms with Crippen LogP contribution in [-0.4, -0.2) is 4.98 Å². The molecule has 1 nitrogen and oxygen atoms in total. The molecule has 0 bridgehead atoms. The van der Waals surface area contributed by atoms with Crippen molar-refractivity contribution in [2.45, 2.75) is 6.18 Å². The molecule has 0 aliphatic rings. The van der Waals surface area contributed by atoms with Crippen LogP contribution in [0.25, 0.3) is 33.2 Å². The van der Waals surface area contributed by atoms with Gasteiger partial charge in [-0.25, -0.2) is 0 Å². The summed E-state index contributed by atoms with van der Waals surface area (Å²) in [6.45, 7) is 0. The van der Waals surface area contributed by atoms with Crippen molar-refractivity contribution >= 4 is 10.8 Å². The Bertz CT molecular complexity index is 1050. The largest absolute Gasteiger partial charge is 0.416 e. The second-order valence-corrected chi connectivity index (χ2v) is 6.01. The number of benzene rings is 3. The summed E-state index contributed by atoms with van der Waals surface area (Å²) in [5.74, 6) is 0. The van der Waals surface area contributed by atoms with Crippen LogP contribution in [0.4, 0.5) is 13.2 Å². The molecule has 0 saturated heterocycles. The number of rotatable bonds is 2. The van der Waals surface area contributed by atoms with Crippen molar-refractivity contribution in [2.75, 3.05) is 0 Å². The van der Waals surface area contributed by atoms with Gasteiger partial charge in [-0.1, -0.05) is 66.7 Å². The van der Waals surface area contributed by atoms with Gasteiger partial charge in [0.1, 0.15) is 0 Å². The predicted molar refractivity (Wildman–Crippen MR) is 97.6 cm³/mol. The van der Waals surface area contributed by atoms with Crippen LogP contribution in [0.2, 0.25) is 0 Å². The lowest BCUT2D eigenvalue weighted by Crippen LogP contribution is -2.04. The lowest BCUT2D eigenvalue weighted by molar-refractivity contribution is -0.137. The summed E-state index contributed by atoms with van der Waals surface area (Å²) in [5.41, 5.74) is 2.57. The van der Waals surface area contributed by atoms with Gasteiger partial charge in [0.05, 0.1) is 11.3 Å². The normalized spacial score (nSPS) is 11.7. The third-order valence-electron chi connectivity index (χ3n) is 4.35. The summed E-state index contributed by atoms with van der Waals surface area (Å²) in [6, 6.07) is 22.7. The van der Waals surface area contributed by atoms with Gasteiger partial charge < -0.3 is 0 Å². The first kappa shape index (κ1) is 16.3. The van der Waals surface area contributed by atoms with Crippen molar-refractivity contribution < 1.29 is 13.2 Å². The summed E-state index contributed by atoms with van der Waals surface area (Å²) in [4.78, 5) is 4.60. The molecule has 26 heavy (non-hydrogen) atoms. The van der Waals surface area contributed by atoms with Crippen LogP contribution in [0.1, 0.15) is 5.56 Å². The minimum absolute atomic E-state index is 0.657. The van der Waals surface area contributed by atoms with E-state index in [1.54, 1.807) is 6.20 Å². The second-order valence-electron chi connectivity index (χ2n) is 6.01. The van der Waals surface area contributed by atoms with E-state index in [1.165, 1.54) is 12.1 Å². The van der Waals surface area contributed by atoms with Crippen LogP contribution in [0, 0.1) is 0 Å². The monoisotopic (exact) mass is 349 g/mol. The number of fused-ring (bicyclic) bond motifs is 1. The van der Waals surface area contributed by atoms with E-state index in [9.17, 15) is 13.2 Å². The average Bonchev–Trinajstić information content (AvgIpc) is 2.67. The molecule has 4 aromatic rings. The lowest BCUT2D eigenvalue weighted by atomic mass is 9.94. The molecule has 0 spiro atoms. The Kier molecular flexibility index (Phi) is 3.96. The maximum absolute atomic E-state index is 12.9. The zero-order valence-electron chi connectivity index (χ0n) is 13.7. The van der Waals surface area contributed by atoms with E-state index in [0.717, 1.165) is 39.7 Å². The molecule has 0 saturated carbocycles. The first-order chi connectivity index (χ1) is 12.5. The van der Waals surface area contributed by atoms with Gasteiger partial charge in [-0.2, -0.15) is 13.2 Å². The maximum Gasteiger partial charge on any atom is 0.416 e. The van der Waals surface area contributed by atoms with E-state index >= 15 is 0 Å². The Morgan fingerprint density at radius 3 is 2.00 bits per heavy atom. The fourth-order valence-electron chi connectivity index (χ4n) is 3.10. The highest BCUT2D eigenvalue weighted by atomic mass is 19.4. The SMILES string of the molecule is FC(F)(F)c1ccc(-c2c(-c3ccccc3)ncc3ccccc23)cc1. The van der Waals surface area contributed by atoms with Gasteiger partial charge >= 0.3 is 6.18 Å². The maximum atomic E-state index is 12.9. The molecule has 4 rings (SSSR count). The van der Waals surface area contributed by atoms with Crippen LogP contribution in [0.15, 0.2) is 85.1 Å². The van der Waals surface area contributed by atoms with Crippen LogP contribution < -0.4 is 0 Å². The number of halogens is 3. The number of alkyl halides is 3. The summed E-state index contributed by atoms with van der Waals surface area (Å²) in [7, 11) is 0. The number of pyridine rings is 1. The van der Waals surface area contributed by atoms with Crippen molar-refractivity contribution in [3.8, 4) is 22.4 Å². The molecule has 0 atom stereocenters.